The number of amidine groups is 1. The van der Waals surface area contributed by atoms with Crippen LogP contribution in [0.2, 0.25) is 5.02 Å². The van der Waals surface area contributed by atoms with Gasteiger partial charge in [0.25, 0.3) is 0 Å². The van der Waals surface area contributed by atoms with Crippen LogP contribution >= 0.6 is 11.6 Å². The zero-order valence-electron chi connectivity index (χ0n) is 14.3. The Hall–Kier alpha value is -1.85. The van der Waals surface area contributed by atoms with Crippen LogP contribution in [-0.4, -0.2) is 29.0 Å². The Morgan fingerprint density at radius 3 is 2.88 bits per heavy atom. The highest BCUT2D eigenvalue weighted by Gasteiger charge is 2.49. The van der Waals surface area contributed by atoms with E-state index >= 15 is 0 Å². The molecular formula is C19H22ClN5. The maximum Gasteiger partial charge on any atom is 0.111 e. The number of nitrogens with zero attached hydrogens (tertiary/aromatic N) is 3. The van der Waals surface area contributed by atoms with E-state index in [1.54, 1.807) is 0 Å². The van der Waals surface area contributed by atoms with E-state index < -0.39 is 0 Å². The summed E-state index contributed by atoms with van der Waals surface area (Å²) in [4.78, 5) is 9.10. The Labute approximate surface area is 152 Å². The molecule has 3 heterocycles. The topological polar surface area (TPSA) is 54.2 Å². The van der Waals surface area contributed by atoms with Gasteiger partial charge in [0.05, 0.1) is 34.2 Å². The normalized spacial score (nSPS) is 25.2. The highest BCUT2D eigenvalue weighted by atomic mass is 35.5. The smallest absolute Gasteiger partial charge is 0.111 e. The SMILES string of the molecule is CN=C1Nc2cc(-n3cnc([C@H]4CCCN4)c3)c(Cl)cc2C12CCC2. The number of imidazole rings is 1. The third-order valence-electron chi connectivity index (χ3n) is 6.04. The minimum atomic E-state index is 0.0696. The second kappa shape index (κ2) is 5.58. The largest absolute Gasteiger partial charge is 0.343 e. The van der Waals surface area contributed by atoms with Crippen LogP contribution in [0.25, 0.3) is 5.69 Å². The molecule has 1 saturated heterocycles. The monoisotopic (exact) mass is 355 g/mol. The number of rotatable bonds is 2. The summed E-state index contributed by atoms with van der Waals surface area (Å²) < 4.78 is 2.04. The number of hydrogen-bond acceptors (Lipinski definition) is 3. The summed E-state index contributed by atoms with van der Waals surface area (Å²) in [5.74, 6) is 1.09. The third kappa shape index (κ3) is 2.19. The molecule has 25 heavy (non-hydrogen) atoms. The van der Waals surface area contributed by atoms with Gasteiger partial charge >= 0.3 is 0 Å². The molecule has 3 aliphatic rings. The van der Waals surface area contributed by atoms with E-state index in [2.05, 4.69) is 38.9 Å². The Morgan fingerprint density at radius 1 is 1.32 bits per heavy atom. The number of aromatic nitrogens is 2. The quantitative estimate of drug-likeness (QED) is 0.860. The Kier molecular flexibility index (Phi) is 3.44. The molecule has 1 spiro atoms. The van der Waals surface area contributed by atoms with Gasteiger partial charge in [0.1, 0.15) is 5.84 Å². The summed E-state index contributed by atoms with van der Waals surface area (Å²) in [5.41, 5.74) is 4.56. The van der Waals surface area contributed by atoms with E-state index in [-0.39, 0.29) is 5.41 Å². The molecule has 1 aromatic heterocycles. The molecule has 2 aromatic rings. The number of anilines is 1. The van der Waals surface area contributed by atoms with Crippen molar-refractivity contribution in [1.82, 2.24) is 14.9 Å². The van der Waals surface area contributed by atoms with Crippen LogP contribution in [0.1, 0.15) is 49.4 Å². The molecule has 2 fully saturated rings. The van der Waals surface area contributed by atoms with Crippen molar-refractivity contribution >= 4 is 23.1 Å². The molecule has 1 saturated carbocycles. The van der Waals surface area contributed by atoms with Crippen molar-refractivity contribution in [2.75, 3.05) is 18.9 Å². The molecule has 0 amide bonds. The van der Waals surface area contributed by atoms with Gasteiger partial charge in [-0.3, -0.25) is 4.99 Å². The fourth-order valence-corrected chi connectivity index (χ4v) is 4.79. The van der Waals surface area contributed by atoms with Crippen LogP contribution in [0.15, 0.2) is 29.6 Å². The number of aliphatic imine (C=N–C) groups is 1. The van der Waals surface area contributed by atoms with Crippen LogP contribution in [0.5, 0.6) is 0 Å². The van der Waals surface area contributed by atoms with E-state index in [0.29, 0.717) is 6.04 Å². The molecule has 5 rings (SSSR count). The van der Waals surface area contributed by atoms with Gasteiger partial charge in [0, 0.05) is 18.9 Å². The minimum Gasteiger partial charge on any atom is -0.343 e. The van der Waals surface area contributed by atoms with Crippen LogP contribution in [0.3, 0.4) is 0 Å². The van der Waals surface area contributed by atoms with Crippen molar-refractivity contribution in [3.8, 4) is 5.69 Å². The van der Waals surface area contributed by atoms with Gasteiger partial charge in [0.2, 0.25) is 0 Å². The molecule has 6 heteroatoms. The summed E-state index contributed by atoms with van der Waals surface area (Å²) in [6.45, 7) is 1.07. The van der Waals surface area contributed by atoms with E-state index in [0.717, 1.165) is 53.7 Å². The molecule has 1 aliphatic carbocycles. The maximum absolute atomic E-state index is 6.68. The fraction of sp³-hybridized carbons (Fsp3) is 0.474. The number of benzene rings is 1. The standard InChI is InChI=1S/C19H22ClN5/c1-21-18-19(5-3-6-19)12-8-13(20)17(9-15(12)24-18)25-10-16(23-11-25)14-4-2-7-22-14/h8-11,14,22H,2-7H2,1H3,(H,21,24)/t14-/m1/s1. The van der Waals surface area contributed by atoms with Crippen molar-refractivity contribution < 1.29 is 0 Å². The maximum atomic E-state index is 6.68. The highest BCUT2D eigenvalue weighted by molar-refractivity contribution is 6.33. The van der Waals surface area contributed by atoms with Gasteiger partial charge < -0.3 is 15.2 Å². The molecule has 0 bridgehead atoms. The molecule has 130 valence electrons. The van der Waals surface area contributed by atoms with E-state index in [4.69, 9.17) is 11.6 Å². The van der Waals surface area contributed by atoms with E-state index in [1.165, 1.54) is 18.4 Å². The summed E-state index contributed by atoms with van der Waals surface area (Å²) in [7, 11) is 1.87. The lowest BCUT2D eigenvalue weighted by molar-refractivity contribution is 0.347. The fourth-order valence-electron chi connectivity index (χ4n) is 4.53. The summed E-state index contributed by atoms with van der Waals surface area (Å²) >= 11 is 6.68. The van der Waals surface area contributed by atoms with Crippen molar-refractivity contribution in [3.05, 3.63) is 40.9 Å². The average Bonchev–Trinajstić information content (AvgIpc) is 3.30. The van der Waals surface area contributed by atoms with Gasteiger partial charge in [-0.2, -0.15) is 0 Å². The zero-order valence-corrected chi connectivity index (χ0v) is 15.1. The lowest BCUT2D eigenvalue weighted by Crippen LogP contribution is -2.41. The summed E-state index contributed by atoms with van der Waals surface area (Å²) in [5, 5.41) is 7.79. The molecule has 1 aromatic carbocycles. The number of fused-ring (bicyclic) bond motifs is 2. The Bertz CT molecular complexity index is 859. The minimum absolute atomic E-state index is 0.0696. The molecule has 5 nitrogen and oxygen atoms in total. The Morgan fingerprint density at radius 2 is 2.20 bits per heavy atom. The first-order chi connectivity index (χ1) is 12.2. The first-order valence-corrected chi connectivity index (χ1v) is 9.45. The number of hydrogen-bond donors (Lipinski definition) is 2. The van der Waals surface area contributed by atoms with Crippen LogP contribution in [0.4, 0.5) is 5.69 Å². The number of nitrogens with one attached hydrogen (secondary N) is 2. The molecule has 2 aliphatic heterocycles. The van der Waals surface area contributed by atoms with Crippen molar-refractivity contribution in [2.24, 2.45) is 4.99 Å². The van der Waals surface area contributed by atoms with Gasteiger partial charge in [-0.1, -0.05) is 18.0 Å². The molecule has 2 N–H and O–H groups in total. The first kappa shape index (κ1) is 15.4. The van der Waals surface area contributed by atoms with Crippen LogP contribution in [0, 0.1) is 0 Å². The van der Waals surface area contributed by atoms with Gasteiger partial charge in [-0.05, 0) is 49.9 Å². The zero-order chi connectivity index (χ0) is 17.0. The first-order valence-electron chi connectivity index (χ1n) is 9.07. The summed E-state index contributed by atoms with van der Waals surface area (Å²) in [6, 6.07) is 4.64. The van der Waals surface area contributed by atoms with Gasteiger partial charge in [-0.15, -0.1) is 0 Å². The third-order valence-corrected chi connectivity index (χ3v) is 6.34. The van der Waals surface area contributed by atoms with Crippen molar-refractivity contribution in [3.63, 3.8) is 0 Å². The van der Waals surface area contributed by atoms with Crippen molar-refractivity contribution in [1.29, 1.82) is 0 Å². The molecular weight excluding hydrogens is 334 g/mol. The lowest BCUT2D eigenvalue weighted by atomic mass is 9.65. The van der Waals surface area contributed by atoms with E-state index in [9.17, 15) is 0 Å². The lowest BCUT2D eigenvalue weighted by Gasteiger charge is -2.38. The second-order valence-corrected chi connectivity index (χ2v) is 7.74. The van der Waals surface area contributed by atoms with Crippen molar-refractivity contribution in [2.45, 2.75) is 43.6 Å². The molecule has 0 unspecified atom stereocenters. The predicted octanol–water partition coefficient (Wildman–Crippen LogP) is 3.83. The highest BCUT2D eigenvalue weighted by Crippen LogP contribution is 2.52. The predicted molar refractivity (Wildman–Crippen MR) is 101 cm³/mol. The van der Waals surface area contributed by atoms with Crippen LogP contribution < -0.4 is 10.6 Å². The molecule has 1 atom stereocenters. The van der Waals surface area contributed by atoms with Gasteiger partial charge in [0.15, 0.2) is 0 Å². The van der Waals surface area contributed by atoms with E-state index in [1.807, 2.05) is 17.9 Å². The second-order valence-electron chi connectivity index (χ2n) is 7.34. The van der Waals surface area contributed by atoms with Gasteiger partial charge in [-0.25, -0.2) is 4.98 Å². The average molecular weight is 356 g/mol. The summed E-state index contributed by atoms with van der Waals surface area (Å²) in [6.07, 6.45) is 9.87. The molecule has 0 radical (unpaired) electrons. The Balaban J connectivity index is 1.54. The van der Waals surface area contributed by atoms with Crippen LogP contribution in [-0.2, 0) is 5.41 Å². The number of halogens is 1.